The van der Waals surface area contributed by atoms with Gasteiger partial charge in [-0.3, -0.25) is 9.59 Å². The number of benzene rings is 2. The number of fused-ring (bicyclic) bond motifs is 1. The maximum Gasteiger partial charge on any atom is 0.251 e. The van der Waals surface area contributed by atoms with Gasteiger partial charge in [-0.25, -0.2) is 4.39 Å². The van der Waals surface area contributed by atoms with Gasteiger partial charge in [0, 0.05) is 34.1 Å². The Morgan fingerprint density at radius 1 is 1.30 bits per heavy atom. The molecular weight excluding hydrogens is 461 g/mol. The van der Waals surface area contributed by atoms with Gasteiger partial charge in [0.25, 0.3) is 5.91 Å². The van der Waals surface area contributed by atoms with Crippen molar-refractivity contribution in [3.63, 3.8) is 0 Å². The first kappa shape index (κ1) is 24.0. The van der Waals surface area contributed by atoms with Gasteiger partial charge in [-0.15, -0.1) is 11.8 Å². The number of nitrogens with one attached hydrogen (secondary N) is 1. The van der Waals surface area contributed by atoms with Crippen LogP contribution in [0, 0.1) is 11.7 Å². The largest absolute Gasteiger partial charge is 0.352 e. The fraction of sp³-hybridized carbons (Fsp3) is 0.440. The van der Waals surface area contributed by atoms with Gasteiger partial charge in [0.15, 0.2) is 0 Å². The number of nitrogens with zero attached hydrogens (tertiary/aromatic N) is 2. The molecule has 1 saturated heterocycles. The summed E-state index contributed by atoms with van der Waals surface area (Å²) in [6.07, 6.45) is 3.44. The second-order valence-corrected chi connectivity index (χ2v) is 10.2. The van der Waals surface area contributed by atoms with Crippen LogP contribution in [-0.4, -0.2) is 48.6 Å². The average molecular weight is 490 g/mol. The Labute approximate surface area is 203 Å². The SMILES string of the molecule is C[C@H]1CCCN(CCCNC(=O)c2ccc3c(c2)N(Cc2c(F)cccc2Cl)C(=O)CS3)C1. The summed E-state index contributed by atoms with van der Waals surface area (Å²) < 4.78 is 14.3. The third kappa shape index (κ3) is 5.89. The van der Waals surface area contributed by atoms with Crippen molar-refractivity contribution in [1.29, 1.82) is 0 Å². The number of halogens is 2. The molecule has 2 heterocycles. The Hall–Kier alpha value is -2.09. The van der Waals surface area contributed by atoms with Crippen LogP contribution in [0.2, 0.25) is 5.02 Å². The molecule has 2 aliphatic rings. The molecule has 5 nitrogen and oxygen atoms in total. The Morgan fingerprint density at radius 2 is 2.15 bits per heavy atom. The van der Waals surface area contributed by atoms with Gasteiger partial charge < -0.3 is 15.1 Å². The minimum absolute atomic E-state index is 0.0250. The van der Waals surface area contributed by atoms with Gasteiger partial charge in [0.2, 0.25) is 5.91 Å². The van der Waals surface area contributed by atoms with Crippen LogP contribution >= 0.6 is 23.4 Å². The maximum atomic E-state index is 14.3. The number of piperidine rings is 1. The third-order valence-electron chi connectivity index (χ3n) is 6.22. The lowest BCUT2D eigenvalue weighted by atomic mass is 10.0. The van der Waals surface area contributed by atoms with E-state index in [1.165, 1.54) is 41.6 Å². The smallest absolute Gasteiger partial charge is 0.251 e. The zero-order valence-electron chi connectivity index (χ0n) is 18.8. The topological polar surface area (TPSA) is 52.7 Å². The van der Waals surface area contributed by atoms with Crippen molar-refractivity contribution in [2.24, 2.45) is 5.92 Å². The van der Waals surface area contributed by atoms with E-state index in [-0.39, 0.29) is 34.7 Å². The number of rotatable bonds is 7. The van der Waals surface area contributed by atoms with Crippen LogP contribution in [-0.2, 0) is 11.3 Å². The zero-order valence-corrected chi connectivity index (χ0v) is 20.4. The molecular formula is C25H29ClFN3O2S. The summed E-state index contributed by atoms with van der Waals surface area (Å²) in [4.78, 5) is 30.3. The number of carbonyl (C=O) groups excluding carboxylic acids is 2. The van der Waals surface area contributed by atoms with Gasteiger partial charge >= 0.3 is 0 Å². The molecule has 0 bridgehead atoms. The van der Waals surface area contributed by atoms with E-state index in [2.05, 4.69) is 17.1 Å². The molecule has 2 aromatic rings. The quantitative estimate of drug-likeness (QED) is 0.558. The van der Waals surface area contributed by atoms with E-state index in [0.29, 0.717) is 17.8 Å². The average Bonchev–Trinajstić information content (AvgIpc) is 2.80. The van der Waals surface area contributed by atoms with Crippen molar-refractivity contribution in [3.05, 3.63) is 58.4 Å². The molecule has 0 aromatic heterocycles. The van der Waals surface area contributed by atoms with Gasteiger partial charge in [0.1, 0.15) is 5.82 Å². The maximum absolute atomic E-state index is 14.3. The van der Waals surface area contributed by atoms with Gasteiger partial charge in [-0.1, -0.05) is 24.6 Å². The standard InChI is InChI=1S/C25H29ClFN3O2S/c1-17-5-3-11-29(14-17)12-4-10-28-25(32)18-8-9-23-22(13-18)30(24(31)16-33-23)15-19-20(26)6-2-7-21(19)27/h2,6-9,13,17H,3-5,10-12,14-16H2,1H3,(H,28,32)/t17-/m0/s1. The summed E-state index contributed by atoms with van der Waals surface area (Å²) in [5.74, 6) is 0.246. The van der Waals surface area contributed by atoms with Crippen molar-refractivity contribution in [1.82, 2.24) is 10.2 Å². The van der Waals surface area contributed by atoms with E-state index in [0.717, 1.165) is 36.9 Å². The number of carbonyl (C=O) groups is 2. The first-order valence-corrected chi connectivity index (χ1v) is 12.8. The highest BCUT2D eigenvalue weighted by Crippen LogP contribution is 2.37. The predicted octanol–water partition coefficient (Wildman–Crippen LogP) is 4.97. The lowest BCUT2D eigenvalue weighted by molar-refractivity contribution is -0.116. The molecule has 1 fully saturated rings. The van der Waals surface area contributed by atoms with Crippen molar-refractivity contribution in [2.75, 3.05) is 36.8 Å². The lowest BCUT2D eigenvalue weighted by Crippen LogP contribution is -2.37. The molecule has 2 amide bonds. The molecule has 8 heteroatoms. The number of hydrogen-bond donors (Lipinski definition) is 1. The third-order valence-corrected chi connectivity index (χ3v) is 7.62. The summed E-state index contributed by atoms with van der Waals surface area (Å²) >= 11 is 7.61. The van der Waals surface area contributed by atoms with E-state index in [1.54, 1.807) is 18.2 Å². The molecule has 33 heavy (non-hydrogen) atoms. The van der Waals surface area contributed by atoms with Crippen LogP contribution in [0.4, 0.5) is 10.1 Å². The molecule has 1 atom stereocenters. The molecule has 0 saturated carbocycles. The Bertz CT molecular complexity index is 1010. The Morgan fingerprint density at radius 3 is 2.94 bits per heavy atom. The predicted molar refractivity (Wildman–Crippen MR) is 132 cm³/mol. The van der Waals surface area contributed by atoms with Crippen molar-refractivity contribution >= 4 is 40.9 Å². The summed E-state index contributed by atoms with van der Waals surface area (Å²) in [5, 5.41) is 3.27. The highest BCUT2D eigenvalue weighted by molar-refractivity contribution is 8.00. The van der Waals surface area contributed by atoms with E-state index in [4.69, 9.17) is 11.6 Å². The second-order valence-electron chi connectivity index (χ2n) is 8.81. The van der Waals surface area contributed by atoms with E-state index < -0.39 is 5.82 Å². The van der Waals surface area contributed by atoms with Gasteiger partial charge in [-0.05, 0) is 68.6 Å². The van der Waals surface area contributed by atoms with E-state index in [9.17, 15) is 14.0 Å². The fourth-order valence-electron chi connectivity index (χ4n) is 4.45. The van der Waals surface area contributed by atoms with Crippen LogP contribution < -0.4 is 10.2 Å². The van der Waals surface area contributed by atoms with Crippen LogP contribution in [0.1, 0.15) is 42.1 Å². The molecule has 1 N–H and O–H groups in total. The summed E-state index contributed by atoms with van der Waals surface area (Å²) in [6, 6.07) is 9.83. The second kappa shape index (κ2) is 10.9. The number of anilines is 1. The number of hydrogen-bond acceptors (Lipinski definition) is 4. The van der Waals surface area contributed by atoms with Crippen LogP contribution in [0.3, 0.4) is 0 Å². The number of amides is 2. The number of likely N-dealkylation sites (tertiary alicyclic amines) is 1. The molecule has 176 valence electrons. The first-order chi connectivity index (χ1) is 15.9. The monoisotopic (exact) mass is 489 g/mol. The highest BCUT2D eigenvalue weighted by atomic mass is 35.5. The van der Waals surface area contributed by atoms with Crippen LogP contribution in [0.25, 0.3) is 0 Å². The van der Waals surface area contributed by atoms with Gasteiger partial charge in [-0.2, -0.15) is 0 Å². The summed E-state index contributed by atoms with van der Waals surface area (Å²) in [6.45, 7) is 6.16. The van der Waals surface area contributed by atoms with Crippen molar-refractivity contribution in [2.45, 2.75) is 37.6 Å². The minimum Gasteiger partial charge on any atom is -0.352 e. The first-order valence-electron chi connectivity index (χ1n) is 11.4. The van der Waals surface area contributed by atoms with Crippen LogP contribution in [0.15, 0.2) is 41.3 Å². The summed E-state index contributed by atoms with van der Waals surface area (Å²) in [5.41, 5.74) is 1.37. The molecule has 2 aliphatic heterocycles. The Kier molecular flexibility index (Phi) is 7.94. The van der Waals surface area contributed by atoms with Crippen molar-refractivity contribution < 1.29 is 14.0 Å². The molecule has 0 spiro atoms. The Balaban J connectivity index is 1.41. The molecule has 2 aromatic carbocycles. The molecule has 0 unspecified atom stereocenters. The normalized spacial score (nSPS) is 18.8. The van der Waals surface area contributed by atoms with Crippen LogP contribution in [0.5, 0.6) is 0 Å². The molecule has 0 aliphatic carbocycles. The van der Waals surface area contributed by atoms with Crippen molar-refractivity contribution in [3.8, 4) is 0 Å². The fourth-order valence-corrected chi connectivity index (χ4v) is 5.59. The molecule has 0 radical (unpaired) electrons. The summed E-state index contributed by atoms with van der Waals surface area (Å²) in [7, 11) is 0. The van der Waals surface area contributed by atoms with E-state index in [1.807, 2.05) is 6.07 Å². The van der Waals surface area contributed by atoms with Gasteiger partial charge in [0.05, 0.1) is 18.0 Å². The van der Waals surface area contributed by atoms with E-state index >= 15 is 0 Å². The highest BCUT2D eigenvalue weighted by Gasteiger charge is 2.27. The minimum atomic E-state index is -0.452. The zero-order chi connectivity index (χ0) is 23.4. The lowest BCUT2D eigenvalue weighted by Gasteiger charge is -2.30. The number of thioether (sulfide) groups is 1. The molecule has 4 rings (SSSR count).